The largest absolute Gasteiger partial charge is 0.480 e. The maximum absolute atomic E-state index is 12.5. The van der Waals surface area contributed by atoms with Gasteiger partial charge in [-0.25, -0.2) is 9.59 Å². The second-order valence-electron chi connectivity index (χ2n) is 6.10. The van der Waals surface area contributed by atoms with Crippen LogP contribution in [0.3, 0.4) is 0 Å². The van der Waals surface area contributed by atoms with E-state index in [-0.39, 0.29) is 12.1 Å². The van der Waals surface area contributed by atoms with E-state index in [1.165, 1.54) is 12.8 Å². The minimum absolute atomic E-state index is 0.191. The van der Waals surface area contributed by atoms with E-state index < -0.39 is 11.5 Å². The summed E-state index contributed by atoms with van der Waals surface area (Å²) in [7, 11) is 0. The number of amides is 2. The number of carbonyl (C=O) groups is 2. The molecule has 114 valence electrons. The number of rotatable bonds is 4. The lowest BCUT2D eigenvalue weighted by atomic mass is 9.82. The molecule has 2 aliphatic carbocycles. The minimum atomic E-state index is -1.04. The van der Waals surface area contributed by atoms with Crippen LogP contribution in [0.5, 0.6) is 0 Å². The lowest BCUT2D eigenvalue weighted by molar-refractivity contribution is -0.146. The van der Waals surface area contributed by atoms with Gasteiger partial charge in [0.05, 0.1) is 0 Å². The Kier molecular flexibility index (Phi) is 4.89. The molecule has 5 heteroatoms. The molecule has 0 saturated heterocycles. The highest BCUT2D eigenvalue weighted by molar-refractivity contribution is 5.86. The number of urea groups is 1. The first-order valence-corrected chi connectivity index (χ1v) is 7.91. The zero-order chi connectivity index (χ0) is 14.6. The molecule has 0 bridgehead atoms. The molecule has 2 saturated carbocycles. The zero-order valence-corrected chi connectivity index (χ0v) is 12.4. The highest BCUT2D eigenvalue weighted by Gasteiger charge is 2.42. The highest BCUT2D eigenvalue weighted by atomic mass is 16.4. The molecule has 0 radical (unpaired) electrons. The van der Waals surface area contributed by atoms with Gasteiger partial charge in [-0.1, -0.05) is 32.1 Å². The summed E-state index contributed by atoms with van der Waals surface area (Å²) in [6.07, 6.45) is 8.33. The van der Waals surface area contributed by atoms with Crippen LogP contribution in [0.1, 0.15) is 64.7 Å². The standard InChI is InChI=1S/C15H26N2O3/c1-2-17(12-8-4-5-9-12)14(20)16-15(13(18)19)10-6-3-7-11-15/h12H,2-11H2,1H3,(H,16,20)(H,18,19). The van der Waals surface area contributed by atoms with Crippen molar-refractivity contribution in [1.82, 2.24) is 10.2 Å². The zero-order valence-electron chi connectivity index (χ0n) is 12.4. The van der Waals surface area contributed by atoms with Crippen molar-refractivity contribution in [2.75, 3.05) is 6.54 Å². The molecule has 2 N–H and O–H groups in total. The predicted octanol–water partition coefficient (Wildman–Crippen LogP) is 2.75. The van der Waals surface area contributed by atoms with Crippen molar-refractivity contribution >= 4 is 12.0 Å². The number of nitrogens with one attached hydrogen (secondary N) is 1. The number of carboxylic acid groups (broad SMARTS) is 1. The van der Waals surface area contributed by atoms with Crippen LogP contribution in [0.15, 0.2) is 0 Å². The quantitative estimate of drug-likeness (QED) is 0.833. The summed E-state index contributed by atoms with van der Waals surface area (Å²) in [6.45, 7) is 2.61. The number of hydrogen-bond acceptors (Lipinski definition) is 2. The van der Waals surface area contributed by atoms with Gasteiger partial charge in [-0.15, -0.1) is 0 Å². The van der Waals surface area contributed by atoms with Gasteiger partial charge in [0.2, 0.25) is 0 Å². The maximum Gasteiger partial charge on any atom is 0.329 e. The van der Waals surface area contributed by atoms with Crippen molar-refractivity contribution in [3.63, 3.8) is 0 Å². The summed E-state index contributed by atoms with van der Waals surface area (Å²) in [4.78, 5) is 25.9. The van der Waals surface area contributed by atoms with Crippen molar-refractivity contribution in [3.05, 3.63) is 0 Å². The third-order valence-corrected chi connectivity index (χ3v) is 4.83. The molecular weight excluding hydrogens is 256 g/mol. The van der Waals surface area contributed by atoms with Crippen molar-refractivity contribution in [3.8, 4) is 0 Å². The third kappa shape index (κ3) is 3.07. The van der Waals surface area contributed by atoms with E-state index in [0.717, 1.165) is 32.1 Å². The number of hydrogen-bond donors (Lipinski definition) is 2. The SMILES string of the molecule is CCN(C(=O)NC1(C(=O)O)CCCCC1)C1CCCC1. The molecule has 0 heterocycles. The number of carbonyl (C=O) groups excluding carboxylic acids is 1. The van der Waals surface area contributed by atoms with Crippen molar-refractivity contribution in [2.24, 2.45) is 0 Å². The Hall–Kier alpha value is -1.26. The van der Waals surface area contributed by atoms with Gasteiger partial charge in [-0.05, 0) is 32.6 Å². The van der Waals surface area contributed by atoms with E-state index in [2.05, 4.69) is 5.32 Å². The molecule has 2 fully saturated rings. The molecule has 0 spiro atoms. The van der Waals surface area contributed by atoms with Crippen LogP contribution >= 0.6 is 0 Å². The molecule has 2 aliphatic rings. The molecule has 5 nitrogen and oxygen atoms in total. The third-order valence-electron chi connectivity index (χ3n) is 4.83. The normalized spacial score (nSPS) is 22.4. The first-order chi connectivity index (χ1) is 9.59. The second kappa shape index (κ2) is 6.46. The average Bonchev–Trinajstić information content (AvgIpc) is 2.94. The lowest BCUT2D eigenvalue weighted by Crippen LogP contribution is -2.59. The fraction of sp³-hybridized carbons (Fsp3) is 0.867. The fourth-order valence-corrected chi connectivity index (χ4v) is 3.61. The van der Waals surface area contributed by atoms with Crippen molar-refractivity contribution in [1.29, 1.82) is 0 Å². The van der Waals surface area contributed by atoms with Crippen molar-refractivity contribution in [2.45, 2.75) is 76.3 Å². The van der Waals surface area contributed by atoms with E-state index in [1.54, 1.807) is 0 Å². The van der Waals surface area contributed by atoms with Gasteiger partial charge in [-0.2, -0.15) is 0 Å². The maximum atomic E-state index is 12.5. The predicted molar refractivity (Wildman–Crippen MR) is 76.6 cm³/mol. The Balaban J connectivity index is 2.04. The van der Waals surface area contributed by atoms with Gasteiger partial charge < -0.3 is 15.3 Å². The molecule has 0 aromatic carbocycles. The molecule has 0 unspecified atom stereocenters. The van der Waals surface area contributed by atoms with Crippen LogP contribution in [0.2, 0.25) is 0 Å². The molecule has 0 aromatic heterocycles. The number of nitrogens with zero attached hydrogens (tertiary/aromatic N) is 1. The molecular formula is C15H26N2O3. The van der Waals surface area contributed by atoms with Gasteiger partial charge in [0, 0.05) is 12.6 Å². The summed E-state index contributed by atoms with van der Waals surface area (Å²) in [5.74, 6) is -0.881. The summed E-state index contributed by atoms with van der Waals surface area (Å²) >= 11 is 0. The first-order valence-electron chi connectivity index (χ1n) is 7.91. The smallest absolute Gasteiger partial charge is 0.329 e. The topological polar surface area (TPSA) is 69.6 Å². The van der Waals surface area contributed by atoms with Crippen LogP contribution in [0, 0.1) is 0 Å². The van der Waals surface area contributed by atoms with Gasteiger partial charge in [0.25, 0.3) is 0 Å². The molecule has 0 aliphatic heterocycles. The monoisotopic (exact) mass is 282 g/mol. The molecule has 0 aromatic rings. The van der Waals surface area contributed by atoms with E-state index >= 15 is 0 Å². The van der Waals surface area contributed by atoms with E-state index in [0.29, 0.717) is 19.4 Å². The Labute approximate surface area is 120 Å². The van der Waals surface area contributed by atoms with Gasteiger partial charge in [0.15, 0.2) is 0 Å². The van der Waals surface area contributed by atoms with Crippen molar-refractivity contribution < 1.29 is 14.7 Å². The van der Waals surface area contributed by atoms with Crippen LogP contribution in [0.25, 0.3) is 0 Å². The van der Waals surface area contributed by atoms with E-state index in [9.17, 15) is 14.7 Å². The molecule has 2 rings (SSSR count). The Bertz CT molecular complexity index is 358. The second-order valence-corrected chi connectivity index (χ2v) is 6.10. The average molecular weight is 282 g/mol. The number of aliphatic carboxylic acids is 1. The van der Waals surface area contributed by atoms with Gasteiger partial charge in [-0.3, -0.25) is 0 Å². The van der Waals surface area contributed by atoms with Crippen LogP contribution in [-0.2, 0) is 4.79 Å². The molecule has 0 atom stereocenters. The van der Waals surface area contributed by atoms with Crippen LogP contribution < -0.4 is 5.32 Å². The Morgan fingerprint density at radius 3 is 2.25 bits per heavy atom. The van der Waals surface area contributed by atoms with Gasteiger partial charge >= 0.3 is 12.0 Å². The fourth-order valence-electron chi connectivity index (χ4n) is 3.61. The van der Waals surface area contributed by atoms with E-state index in [1.807, 2.05) is 11.8 Å². The molecule has 20 heavy (non-hydrogen) atoms. The molecule has 2 amide bonds. The summed E-state index contributed by atoms with van der Waals surface area (Å²) in [5.41, 5.74) is -1.04. The van der Waals surface area contributed by atoms with E-state index in [4.69, 9.17) is 0 Å². The Morgan fingerprint density at radius 1 is 1.15 bits per heavy atom. The summed E-state index contributed by atoms with van der Waals surface area (Å²) in [5, 5.41) is 12.4. The summed E-state index contributed by atoms with van der Waals surface area (Å²) < 4.78 is 0. The highest BCUT2D eigenvalue weighted by Crippen LogP contribution is 2.30. The minimum Gasteiger partial charge on any atom is -0.480 e. The van der Waals surface area contributed by atoms with Gasteiger partial charge in [0.1, 0.15) is 5.54 Å². The van der Waals surface area contributed by atoms with Crippen LogP contribution in [-0.4, -0.2) is 40.1 Å². The first kappa shape index (κ1) is 15.1. The lowest BCUT2D eigenvalue weighted by Gasteiger charge is -2.37. The van der Waals surface area contributed by atoms with Crippen LogP contribution in [0.4, 0.5) is 4.79 Å². The number of carboxylic acids is 1. The Morgan fingerprint density at radius 2 is 1.75 bits per heavy atom. The summed E-state index contributed by atoms with van der Waals surface area (Å²) in [6, 6.07) is 0.0955.